The summed E-state index contributed by atoms with van der Waals surface area (Å²) in [5.74, 6) is -4.23. The number of morpholine rings is 1. The van der Waals surface area contributed by atoms with Gasteiger partial charge in [-0.25, -0.2) is 19.6 Å². The summed E-state index contributed by atoms with van der Waals surface area (Å²) in [7, 11) is 0. The zero-order valence-electron chi connectivity index (χ0n) is 22.4. The molecule has 6 N–H and O–H groups in total. The van der Waals surface area contributed by atoms with Crippen LogP contribution in [0, 0.1) is 6.92 Å². The summed E-state index contributed by atoms with van der Waals surface area (Å²) in [6, 6.07) is 10.5. The van der Waals surface area contributed by atoms with E-state index < -0.39 is 24.3 Å². The third kappa shape index (κ3) is 9.44. The van der Waals surface area contributed by atoms with Crippen LogP contribution in [0.15, 0.2) is 36.4 Å². The molecule has 0 aliphatic carbocycles. The third-order valence-electron chi connectivity index (χ3n) is 5.80. The average Bonchev–Trinajstić information content (AvgIpc) is 3.50. The lowest BCUT2D eigenvalue weighted by molar-refractivity contribution is -0.193. The maximum Gasteiger partial charge on any atom is 0.490 e. The number of fused-ring (bicyclic) bond motifs is 2. The number of aliphatic carboxylic acids is 2. The first-order chi connectivity index (χ1) is 20.0. The Morgan fingerprint density at radius 3 is 2.19 bits per heavy atom. The van der Waals surface area contributed by atoms with Gasteiger partial charge in [0.05, 0.1) is 18.7 Å². The van der Waals surface area contributed by atoms with Crippen LogP contribution < -0.4 is 5.73 Å². The van der Waals surface area contributed by atoms with Crippen LogP contribution in [0.3, 0.4) is 0 Å². The highest BCUT2D eigenvalue weighted by atomic mass is 19.4. The largest absolute Gasteiger partial charge is 0.490 e. The standard InChI is InChI=1S/C22H24N6O.2C2HF3O2/c1-14-24-21-17(13-20(23)27-22(21)25-14)19-12-16-11-15(4-5-18(16)26-19)3-2-6-28-7-9-29-10-8-28;2*3-2(4,5)1(6)7/h2-5,11-13,26H,6-10H2,1H3,(H3,23,24,25,27);2*(H,6,7)/b3-2+;;. The lowest BCUT2D eigenvalue weighted by Gasteiger charge is -2.25. The van der Waals surface area contributed by atoms with Gasteiger partial charge in [-0.15, -0.1) is 0 Å². The Bertz CT molecular complexity index is 1580. The molecule has 5 rings (SSSR count). The lowest BCUT2D eigenvalue weighted by Crippen LogP contribution is -2.36. The van der Waals surface area contributed by atoms with Gasteiger partial charge in [-0.05, 0) is 36.8 Å². The van der Waals surface area contributed by atoms with E-state index in [0.717, 1.165) is 66.3 Å². The molecule has 0 amide bonds. The molecular weight excluding hydrogens is 590 g/mol. The van der Waals surface area contributed by atoms with Gasteiger partial charge in [-0.3, -0.25) is 4.90 Å². The van der Waals surface area contributed by atoms with Crippen LogP contribution in [0.1, 0.15) is 11.4 Å². The van der Waals surface area contributed by atoms with E-state index in [1.807, 2.05) is 13.0 Å². The fourth-order valence-electron chi connectivity index (χ4n) is 3.86. The third-order valence-corrected chi connectivity index (χ3v) is 5.80. The molecule has 0 saturated carbocycles. The first kappa shape index (κ1) is 32.9. The van der Waals surface area contributed by atoms with E-state index in [9.17, 15) is 26.3 Å². The second-order valence-electron chi connectivity index (χ2n) is 9.07. The predicted molar refractivity (Wildman–Crippen MR) is 144 cm³/mol. The topological polar surface area (TPSA) is 170 Å². The van der Waals surface area contributed by atoms with Crippen molar-refractivity contribution in [3.05, 3.63) is 47.8 Å². The fraction of sp³-hybridized carbons (Fsp3) is 0.308. The minimum absolute atomic E-state index is 0.462. The van der Waals surface area contributed by atoms with Gasteiger partial charge in [0.1, 0.15) is 11.6 Å². The van der Waals surface area contributed by atoms with E-state index in [-0.39, 0.29) is 0 Å². The number of halogens is 6. The van der Waals surface area contributed by atoms with Crippen LogP contribution >= 0.6 is 0 Å². The Morgan fingerprint density at radius 2 is 1.60 bits per heavy atom. The molecule has 1 fully saturated rings. The van der Waals surface area contributed by atoms with Gasteiger partial charge in [0.25, 0.3) is 0 Å². The number of aryl methyl sites for hydroxylation is 1. The number of carbonyl (C=O) groups is 2. The molecule has 1 aromatic carbocycles. The quantitative estimate of drug-likeness (QED) is 0.206. The summed E-state index contributed by atoms with van der Waals surface area (Å²) < 4.78 is 68.9. The Balaban J connectivity index is 0.000000303. The van der Waals surface area contributed by atoms with Gasteiger partial charge < -0.3 is 30.7 Å². The number of nitrogens with two attached hydrogens (primary N) is 1. The normalized spacial score (nSPS) is 14.3. The number of hydrogen-bond donors (Lipinski definition) is 5. The molecular formula is C26H26F6N6O5. The van der Waals surface area contributed by atoms with Gasteiger partial charge in [0.15, 0.2) is 5.65 Å². The molecule has 0 spiro atoms. The van der Waals surface area contributed by atoms with Crippen molar-refractivity contribution in [2.24, 2.45) is 0 Å². The van der Waals surface area contributed by atoms with Crippen molar-refractivity contribution in [1.29, 1.82) is 0 Å². The molecule has 232 valence electrons. The van der Waals surface area contributed by atoms with Gasteiger partial charge in [-0.1, -0.05) is 18.2 Å². The monoisotopic (exact) mass is 616 g/mol. The van der Waals surface area contributed by atoms with Crippen LogP contribution in [0.4, 0.5) is 32.2 Å². The molecule has 1 saturated heterocycles. The van der Waals surface area contributed by atoms with Gasteiger partial charge in [-0.2, -0.15) is 26.3 Å². The van der Waals surface area contributed by atoms with E-state index >= 15 is 0 Å². The number of alkyl halides is 6. The summed E-state index contributed by atoms with van der Waals surface area (Å²) in [5.41, 5.74) is 11.8. The number of carboxylic acids is 2. The Morgan fingerprint density at radius 1 is 1.00 bits per heavy atom. The molecule has 0 atom stereocenters. The molecule has 4 aromatic rings. The maximum atomic E-state index is 10.6. The number of aromatic nitrogens is 4. The van der Waals surface area contributed by atoms with E-state index in [1.54, 1.807) is 0 Å². The van der Waals surface area contributed by atoms with Crippen molar-refractivity contribution >= 4 is 45.9 Å². The van der Waals surface area contributed by atoms with Crippen molar-refractivity contribution in [1.82, 2.24) is 24.8 Å². The molecule has 43 heavy (non-hydrogen) atoms. The number of carboxylic acid groups (broad SMARTS) is 2. The number of ether oxygens (including phenoxy) is 1. The number of hydrogen-bond acceptors (Lipinski definition) is 7. The first-order valence-corrected chi connectivity index (χ1v) is 12.4. The number of nitrogens with one attached hydrogen (secondary N) is 2. The minimum Gasteiger partial charge on any atom is -0.475 e. The highest BCUT2D eigenvalue weighted by molar-refractivity contribution is 5.95. The van der Waals surface area contributed by atoms with E-state index in [1.165, 1.54) is 5.56 Å². The van der Waals surface area contributed by atoms with Gasteiger partial charge in [0.2, 0.25) is 0 Å². The van der Waals surface area contributed by atoms with Crippen molar-refractivity contribution < 1.29 is 50.9 Å². The number of anilines is 1. The van der Waals surface area contributed by atoms with E-state index in [0.29, 0.717) is 11.5 Å². The molecule has 0 bridgehead atoms. The number of imidazole rings is 1. The molecule has 3 aromatic heterocycles. The van der Waals surface area contributed by atoms with Crippen LogP contribution in [0.5, 0.6) is 0 Å². The second-order valence-corrected chi connectivity index (χ2v) is 9.07. The second kappa shape index (κ2) is 13.6. The molecule has 17 heteroatoms. The average molecular weight is 617 g/mol. The predicted octanol–water partition coefficient (Wildman–Crippen LogP) is 4.61. The zero-order valence-corrected chi connectivity index (χ0v) is 22.4. The highest BCUT2D eigenvalue weighted by Crippen LogP contribution is 2.30. The molecule has 1 aliphatic rings. The summed E-state index contributed by atoms with van der Waals surface area (Å²) in [6.45, 7) is 6.53. The Hall–Kier alpha value is -4.64. The Labute approximate surface area is 239 Å². The van der Waals surface area contributed by atoms with Crippen molar-refractivity contribution in [2.45, 2.75) is 19.3 Å². The highest BCUT2D eigenvalue weighted by Gasteiger charge is 2.38. The van der Waals surface area contributed by atoms with Gasteiger partial charge >= 0.3 is 24.3 Å². The maximum absolute atomic E-state index is 10.6. The number of pyridine rings is 1. The van der Waals surface area contributed by atoms with Crippen molar-refractivity contribution in [3.63, 3.8) is 0 Å². The number of H-pyrrole nitrogens is 2. The zero-order chi connectivity index (χ0) is 31.9. The van der Waals surface area contributed by atoms with E-state index in [4.69, 9.17) is 30.3 Å². The summed E-state index contributed by atoms with van der Waals surface area (Å²) in [6.07, 6.45) is -5.76. The molecule has 4 heterocycles. The number of rotatable bonds is 4. The molecule has 0 radical (unpaired) electrons. The smallest absolute Gasteiger partial charge is 0.475 e. The molecule has 0 unspecified atom stereocenters. The van der Waals surface area contributed by atoms with Crippen LogP contribution in [0.2, 0.25) is 0 Å². The van der Waals surface area contributed by atoms with Crippen molar-refractivity contribution in [2.75, 3.05) is 38.6 Å². The van der Waals surface area contributed by atoms with Crippen molar-refractivity contribution in [3.8, 4) is 11.3 Å². The summed E-state index contributed by atoms with van der Waals surface area (Å²) in [4.78, 5) is 35.7. The Kier molecular flexibility index (Phi) is 10.4. The van der Waals surface area contributed by atoms with Crippen LogP contribution in [-0.4, -0.2) is 92.2 Å². The minimum atomic E-state index is -5.08. The number of benzene rings is 1. The van der Waals surface area contributed by atoms with Crippen LogP contribution in [0.25, 0.3) is 39.4 Å². The molecule has 1 aliphatic heterocycles. The van der Waals surface area contributed by atoms with Gasteiger partial charge in [0, 0.05) is 41.8 Å². The van der Waals surface area contributed by atoms with E-state index in [2.05, 4.69) is 61.3 Å². The fourth-order valence-corrected chi connectivity index (χ4v) is 3.86. The summed E-state index contributed by atoms with van der Waals surface area (Å²) in [5, 5.41) is 15.4. The number of nitrogens with zero attached hydrogens (tertiary/aromatic N) is 3. The number of aromatic amines is 2. The van der Waals surface area contributed by atoms with Crippen LogP contribution in [-0.2, 0) is 14.3 Å². The lowest BCUT2D eigenvalue weighted by atomic mass is 10.1. The summed E-state index contributed by atoms with van der Waals surface area (Å²) >= 11 is 0. The molecule has 11 nitrogen and oxygen atoms in total. The SMILES string of the molecule is Cc1nc2nc(N)cc(-c3cc4cc(/C=C/CN5CCOCC5)ccc4[nH]3)c2[nH]1.O=C(O)C(F)(F)F.O=C(O)C(F)(F)F. The first-order valence-electron chi connectivity index (χ1n) is 12.4. The number of nitrogen functional groups attached to an aromatic ring is 1.